The first-order chi connectivity index (χ1) is 11.4. The molecule has 0 bridgehead atoms. The number of aromatic nitrogens is 3. The average molecular weight is 392 g/mol. The number of rotatable bonds is 2. The van der Waals surface area contributed by atoms with Crippen molar-refractivity contribution in [3.63, 3.8) is 0 Å². The van der Waals surface area contributed by atoms with Crippen molar-refractivity contribution in [2.24, 2.45) is 5.41 Å². The maximum Gasteiger partial charge on any atom is 0.267 e. The van der Waals surface area contributed by atoms with Crippen molar-refractivity contribution in [3.8, 4) is 11.4 Å². The number of nitrogens with zero attached hydrogens (tertiary/aromatic N) is 3. The lowest BCUT2D eigenvalue weighted by atomic mass is 9.85. The van der Waals surface area contributed by atoms with Crippen LogP contribution in [0.4, 0.5) is 5.82 Å². The van der Waals surface area contributed by atoms with Gasteiger partial charge in [-0.2, -0.15) is 0 Å². The normalized spacial score (nSPS) is 18.7. The number of anilines is 1. The number of aromatic amines is 1. The summed E-state index contributed by atoms with van der Waals surface area (Å²) in [7, 11) is 0. The van der Waals surface area contributed by atoms with Crippen molar-refractivity contribution in [1.29, 1.82) is 0 Å². The first-order valence-corrected chi connectivity index (χ1v) is 8.84. The van der Waals surface area contributed by atoms with Crippen molar-refractivity contribution in [1.82, 2.24) is 20.3 Å². The van der Waals surface area contributed by atoms with Crippen molar-refractivity contribution in [3.05, 3.63) is 39.4 Å². The molecule has 1 fully saturated rings. The summed E-state index contributed by atoms with van der Waals surface area (Å²) in [6, 6.07) is 4.01. The third-order valence-corrected chi connectivity index (χ3v) is 5.03. The maximum atomic E-state index is 12.4. The Labute approximate surface area is 149 Å². The number of halogens is 1. The Morgan fingerprint density at radius 1 is 1.29 bits per heavy atom. The number of hydrogen-bond donors (Lipinski definition) is 2. The summed E-state index contributed by atoms with van der Waals surface area (Å²) >= 11 is 3.41. The number of H-pyrrole nitrogens is 1. The van der Waals surface area contributed by atoms with Gasteiger partial charge in [-0.15, -0.1) is 0 Å². The molecule has 2 N–H and O–H groups in total. The van der Waals surface area contributed by atoms with E-state index >= 15 is 0 Å². The van der Waals surface area contributed by atoms with E-state index in [1.807, 2.05) is 12.1 Å². The van der Waals surface area contributed by atoms with Crippen molar-refractivity contribution in [2.45, 2.75) is 26.8 Å². The molecule has 6 nitrogen and oxygen atoms in total. The van der Waals surface area contributed by atoms with Gasteiger partial charge >= 0.3 is 0 Å². The lowest BCUT2D eigenvalue weighted by Gasteiger charge is -2.41. The van der Waals surface area contributed by atoms with E-state index in [0.29, 0.717) is 22.2 Å². The molecule has 0 saturated carbocycles. The molecule has 0 unspecified atom stereocenters. The highest BCUT2D eigenvalue weighted by Gasteiger charge is 2.31. The van der Waals surface area contributed by atoms with E-state index in [0.717, 1.165) is 25.2 Å². The highest BCUT2D eigenvalue weighted by Crippen LogP contribution is 2.28. The molecule has 1 saturated heterocycles. The molecular weight excluding hydrogens is 370 g/mol. The van der Waals surface area contributed by atoms with Crippen LogP contribution in [0.2, 0.25) is 0 Å². The van der Waals surface area contributed by atoms with Gasteiger partial charge in [-0.3, -0.25) is 9.78 Å². The molecule has 3 rings (SSSR count). The molecule has 24 heavy (non-hydrogen) atoms. The van der Waals surface area contributed by atoms with Gasteiger partial charge in [-0.1, -0.05) is 20.8 Å². The van der Waals surface area contributed by atoms with E-state index in [-0.39, 0.29) is 11.0 Å². The monoisotopic (exact) mass is 391 g/mol. The van der Waals surface area contributed by atoms with Crippen LogP contribution in [0.1, 0.15) is 20.8 Å². The van der Waals surface area contributed by atoms with Crippen LogP contribution >= 0.6 is 15.9 Å². The Bertz CT molecular complexity index is 769. The SMILES string of the molecule is CC(C)(C)[C@H]1CN(c2nc(-c3ccncc3)[nH]c(=O)c2Br)CCN1. The Kier molecular flexibility index (Phi) is 4.73. The summed E-state index contributed by atoms with van der Waals surface area (Å²) in [4.78, 5) is 26.1. The number of hydrogen-bond acceptors (Lipinski definition) is 5. The van der Waals surface area contributed by atoms with Gasteiger partial charge in [-0.25, -0.2) is 4.98 Å². The Morgan fingerprint density at radius 3 is 2.67 bits per heavy atom. The molecule has 128 valence electrons. The van der Waals surface area contributed by atoms with Gasteiger partial charge in [-0.05, 0) is 33.5 Å². The standard InChI is InChI=1S/C17H22BrN5O/c1-17(2,3)12-10-23(9-8-20-12)15-13(18)16(24)22-14(21-15)11-4-6-19-7-5-11/h4-7,12,20H,8-10H2,1-3H3,(H,21,22,24)/t12-/m1/s1. The lowest BCUT2D eigenvalue weighted by molar-refractivity contribution is 0.253. The van der Waals surface area contributed by atoms with Crippen molar-refractivity contribution >= 4 is 21.7 Å². The van der Waals surface area contributed by atoms with Gasteiger partial charge in [0.05, 0.1) is 0 Å². The van der Waals surface area contributed by atoms with Gasteiger partial charge in [0.25, 0.3) is 5.56 Å². The summed E-state index contributed by atoms with van der Waals surface area (Å²) in [6.45, 7) is 9.16. The Hall–Kier alpha value is -1.73. The van der Waals surface area contributed by atoms with Crippen LogP contribution in [0, 0.1) is 5.41 Å². The first kappa shape index (κ1) is 17.1. The summed E-state index contributed by atoms with van der Waals surface area (Å²) in [5.41, 5.74) is 0.816. The minimum absolute atomic E-state index is 0.139. The molecule has 0 amide bonds. The van der Waals surface area contributed by atoms with E-state index in [1.165, 1.54) is 0 Å². The van der Waals surface area contributed by atoms with Gasteiger partial charge in [0.15, 0.2) is 5.82 Å². The molecule has 1 aliphatic rings. The zero-order chi connectivity index (χ0) is 17.3. The summed E-state index contributed by atoms with van der Waals surface area (Å²) < 4.78 is 0.481. The maximum absolute atomic E-state index is 12.4. The predicted molar refractivity (Wildman–Crippen MR) is 99.2 cm³/mol. The predicted octanol–water partition coefficient (Wildman–Crippen LogP) is 2.42. The van der Waals surface area contributed by atoms with Crippen molar-refractivity contribution in [2.75, 3.05) is 24.5 Å². The molecule has 0 aliphatic carbocycles. The topological polar surface area (TPSA) is 73.9 Å². The third-order valence-electron chi connectivity index (χ3n) is 4.32. The fourth-order valence-electron chi connectivity index (χ4n) is 2.83. The lowest BCUT2D eigenvalue weighted by Crippen LogP contribution is -2.56. The third kappa shape index (κ3) is 3.52. The molecular formula is C17H22BrN5O. The van der Waals surface area contributed by atoms with Crippen LogP contribution in [0.5, 0.6) is 0 Å². The number of pyridine rings is 1. The summed E-state index contributed by atoms with van der Waals surface area (Å²) in [5.74, 6) is 1.26. The van der Waals surface area contributed by atoms with Crippen molar-refractivity contribution < 1.29 is 0 Å². The van der Waals surface area contributed by atoms with Gasteiger partial charge < -0.3 is 15.2 Å². The summed E-state index contributed by atoms with van der Waals surface area (Å²) in [6.07, 6.45) is 3.38. The van der Waals surface area contributed by atoms with Crippen LogP contribution in [-0.4, -0.2) is 40.6 Å². The second kappa shape index (κ2) is 6.64. The van der Waals surface area contributed by atoms with Gasteiger partial charge in [0, 0.05) is 43.6 Å². The minimum atomic E-state index is -0.169. The van der Waals surface area contributed by atoms with Crippen LogP contribution in [0.3, 0.4) is 0 Å². The second-order valence-electron chi connectivity index (χ2n) is 7.11. The fraction of sp³-hybridized carbons (Fsp3) is 0.471. The van der Waals surface area contributed by atoms with Gasteiger partial charge in [0.2, 0.25) is 0 Å². The summed E-state index contributed by atoms with van der Waals surface area (Å²) in [5, 5.41) is 3.56. The smallest absolute Gasteiger partial charge is 0.267 e. The molecule has 0 spiro atoms. The Morgan fingerprint density at radius 2 is 2.00 bits per heavy atom. The van der Waals surface area contributed by atoms with E-state index < -0.39 is 0 Å². The fourth-order valence-corrected chi connectivity index (χ4v) is 3.26. The average Bonchev–Trinajstić information content (AvgIpc) is 2.57. The Balaban J connectivity index is 1.98. The number of nitrogens with one attached hydrogen (secondary N) is 2. The highest BCUT2D eigenvalue weighted by atomic mass is 79.9. The van der Waals surface area contributed by atoms with E-state index in [1.54, 1.807) is 12.4 Å². The van der Waals surface area contributed by atoms with E-state index in [4.69, 9.17) is 4.98 Å². The van der Waals surface area contributed by atoms with Crippen LogP contribution in [-0.2, 0) is 0 Å². The quantitative estimate of drug-likeness (QED) is 0.821. The van der Waals surface area contributed by atoms with Crippen LogP contribution < -0.4 is 15.8 Å². The zero-order valence-corrected chi connectivity index (χ0v) is 15.7. The highest BCUT2D eigenvalue weighted by molar-refractivity contribution is 9.10. The van der Waals surface area contributed by atoms with Crippen LogP contribution in [0.25, 0.3) is 11.4 Å². The molecule has 1 aliphatic heterocycles. The van der Waals surface area contributed by atoms with E-state index in [2.05, 4.69) is 56.9 Å². The molecule has 0 radical (unpaired) electrons. The molecule has 1 atom stereocenters. The second-order valence-corrected chi connectivity index (χ2v) is 7.90. The molecule has 2 aromatic rings. The van der Waals surface area contributed by atoms with E-state index in [9.17, 15) is 4.79 Å². The van der Waals surface area contributed by atoms with Crippen LogP contribution in [0.15, 0.2) is 33.8 Å². The van der Waals surface area contributed by atoms with Gasteiger partial charge in [0.1, 0.15) is 10.3 Å². The molecule has 2 aromatic heterocycles. The molecule has 3 heterocycles. The minimum Gasteiger partial charge on any atom is -0.353 e. The molecule has 7 heteroatoms. The first-order valence-electron chi connectivity index (χ1n) is 8.05. The number of piperazine rings is 1. The molecule has 0 aromatic carbocycles. The largest absolute Gasteiger partial charge is 0.353 e. The zero-order valence-electron chi connectivity index (χ0n) is 14.1.